The third-order valence-electron chi connectivity index (χ3n) is 3.72. The average Bonchev–Trinajstić information content (AvgIpc) is 2.80. The van der Waals surface area contributed by atoms with Crippen LogP contribution in [0.1, 0.15) is 18.2 Å². The van der Waals surface area contributed by atoms with Crippen LogP contribution in [0.15, 0.2) is 29.3 Å². The van der Waals surface area contributed by atoms with Crippen molar-refractivity contribution >= 4 is 5.95 Å². The minimum absolute atomic E-state index is 0.0537. The lowest BCUT2D eigenvalue weighted by molar-refractivity contribution is 0.233. The van der Waals surface area contributed by atoms with Crippen molar-refractivity contribution in [2.75, 3.05) is 25.0 Å². The van der Waals surface area contributed by atoms with Crippen LogP contribution in [0.2, 0.25) is 0 Å². The van der Waals surface area contributed by atoms with E-state index in [1.54, 1.807) is 12.4 Å². The Balaban J connectivity index is 1.63. The van der Waals surface area contributed by atoms with Gasteiger partial charge >= 0.3 is 0 Å². The number of aromatic nitrogens is 3. The molecule has 1 aliphatic rings. The summed E-state index contributed by atoms with van der Waals surface area (Å²) in [5.41, 5.74) is 1.62. The normalized spacial score (nSPS) is 15.3. The van der Waals surface area contributed by atoms with Crippen molar-refractivity contribution in [3.8, 4) is 5.75 Å². The maximum absolute atomic E-state index is 12.2. The number of fused-ring (bicyclic) bond motifs is 1. The first-order valence-electron chi connectivity index (χ1n) is 7.85. The number of pyridine rings is 1. The van der Waals surface area contributed by atoms with Gasteiger partial charge in [0.25, 0.3) is 5.56 Å². The Kier molecular flexibility index (Phi) is 4.87. The topological polar surface area (TPSA) is 91.9 Å². The van der Waals surface area contributed by atoms with E-state index in [9.17, 15) is 4.79 Å². The zero-order valence-electron chi connectivity index (χ0n) is 13.1. The van der Waals surface area contributed by atoms with Crippen LogP contribution in [0.3, 0.4) is 0 Å². The van der Waals surface area contributed by atoms with Gasteiger partial charge in [-0.2, -0.15) is 0 Å². The maximum atomic E-state index is 12.2. The van der Waals surface area contributed by atoms with Crippen LogP contribution in [0, 0.1) is 0 Å². The summed E-state index contributed by atoms with van der Waals surface area (Å²) in [5, 5.41) is 6.42. The molecule has 0 bridgehead atoms. The first-order valence-corrected chi connectivity index (χ1v) is 7.85. The highest BCUT2D eigenvalue weighted by Gasteiger charge is 2.14. The number of aromatic amines is 1. The van der Waals surface area contributed by atoms with Gasteiger partial charge in [-0.25, -0.2) is 4.98 Å². The van der Waals surface area contributed by atoms with Crippen molar-refractivity contribution < 1.29 is 4.74 Å². The Morgan fingerprint density at radius 3 is 3.09 bits per heavy atom. The van der Waals surface area contributed by atoms with Gasteiger partial charge in [-0.1, -0.05) is 0 Å². The molecular formula is C16H21N5O2. The van der Waals surface area contributed by atoms with Gasteiger partial charge in [-0.15, -0.1) is 0 Å². The van der Waals surface area contributed by atoms with Crippen molar-refractivity contribution in [2.24, 2.45) is 0 Å². The molecule has 0 fully saturated rings. The second-order valence-electron chi connectivity index (χ2n) is 5.59. The van der Waals surface area contributed by atoms with Gasteiger partial charge in [-0.3, -0.25) is 14.8 Å². The van der Waals surface area contributed by atoms with E-state index < -0.39 is 0 Å². The summed E-state index contributed by atoms with van der Waals surface area (Å²) in [7, 11) is 0. The Morgan fingerprint density at radius 2 is 2.26 bits per heavy atom. The molecule has 7 heteroatoms. The molecule has 0 amide bonds. The molecule has 0 saturated heterocycles. The van der Waals surface area contributed by atoms with Crippen LogP contribution >= 0.6 is 0 Å². The number of anilines is 1. The molecule has 7 nitrogen and oxygen atoms in total. The molecule has 2 aromatic rings. The number of nitrogens with zero attached hydrogens (tertiary/aromatic N) is 2. The zero-order chi connectivity index (χ0) is 16.1. The molecular weight excluding hydrogens is 294 g/mol. The number of rotatable bonds is 5. The van der Waals surface area contributed by atoms with Crippen LogP contribution in [-0.2, 0) is 12.8 Å². The quantitative estimate of drug-likeness (QED) is 0.753. The van der Waals surface area contributed by atoms with Gasteiger partial charge in [0.1, 0.15) is 11.9 Å². The summed E-state index contributed by atoms with van der Waals surface area (Å²) >= 11 is 0. The molecule has 3 heterocycles. The molecule has 3 rings (SSSR count). The maximum Gasteiger partial charge on any atom is 0.255 e. The van der Waals surface area contributed by atoms with Crippen molar-refractivity contribution in [3.63, 3.8) is 0 Å². The third-order valence-corrected chi connectivity index (χ3v) is 3.72. The molecule has 0 aliphatic carbocycles. The zero-order valence-corrected chi connectivity index (χ0v) is 13.1. The molecule has 0 unspecified atom stereocenters. The van der Waals surface area contributed by atoms with E-state index in [4.69, 9.17) is 4.74 Å². The van der Waals surface area contributed by atoms with Crippen molar-refractivity contribution in [1.82, 2.24) is 20.3 Å². The van der Waals surface area contributed by atoms with Crippen molar-refractivity contribution in [3.05, 3.63) is 46.1 Å². The fourth-order valence-corrected chi connectivity index (χ4v) is 2.57. The van der Waals surface area contributed by atoms with E-state index in [1.165, 1.54) is 0 Å². The number of H-pyrrole nitrogens is 1. The molecule has 1 aliphatic heterocycles. The molecule has 0 radical (unpaired) electrons. The lowest BCUT2D eigenvalue weighted by Crippen LogP contribution is -2.26. The van der Waals surface area contributed by atoms with E-state index in [0.717, 1.165) is 42.9 Å². The largest absolute Gasteiger partial charge is 0.487 e. The van der Waals surface area contributed by atoms with Crippen molar-refractivity contribution in [1.29, 1.82) is 0 Å². The van der Waals surface area contributed by atoms with Gasteiger partial charge in [0.2, 0.25) is 5.95 Å². The lowest BCUT2D eigenvalue weighted by Gasteiger charge is -2.16. The second kappa shape index (κ2) is 7.23. The first kappa shape index (κ1) is 15.5. The van der Waals surface area contributed by atoms with Gasteiger partial charge in [0.05, 0.1) is 18.4 Å². The fourth-order valence-electron chi connectivity index (χ4n) is 2.57. The predicted octanol–water partition coefficient (Wildman–Crippen LogP) is 0.732. The van der Waals surface area contributed by atoms with E-state index in [-0.39, 0.29) is 11.7 Å². The summed E-state index contributed by atoms with van der Waals surface area (Å²) in [5.74, 6) is 1.22. The van der Waals surface area contributed by atoms with Gasteiger partial charge in [-0.05, 0) is 32.0 Å². The lowest BCUT2D eigenvalue weighted by atomic mass is 10.1. The summed E-state index contributed by atoms with van der Waals surface area (Å²) in [6, 6.07) is 3.69. The van der Waals surface area contributed by atoms with Gasteiger partial charge < -0.3 is 15.4 Å². The SMILES string of the molecule is C[C@@H](CNc1nc2c(c(=O)[nH]1)CCNCC2)Oc1cccnc1. The molecule has 0 aromatic carbocycles. The molecule has 122 valence electrons. The number of hydrogen-bond donors (Lipinski definition) is 3. The predicted molar refractivity (Wildman–Crippen MR) is 88.0 cm³/mol. The standard InChI is InChI=1S/C16H21N5O2/c1-11(23-12-3-2-6-18-10-12)9-19-16-20-14-5-8-17-7-4-13(14)15(22)21-16/h2-3,6,10-11,17H,4-5,7-9H2,1H3,(H2,19,20,21,22)/t11-/m0/s1. The molecule has 2 aromatic heterocycles. The summed E-state index contributed by atoms with van der Waals surface area (Å²) < 4.78 is 5.74. The Morgan fingerprint density at radius 1 is 1.39 bits per heavy atom. The smallest absolute Gasteiger partial charge is 0.255 e. The van der Waals surface area contributed by atoms with Crippen LogP contribution in [0.4, 0.5) is 5.95 Å². The van der Waals surface area contributed by atoms with Crippen LogP contribution in [0.25, 0.3) is 0 Å². The van der Waals surface area contributed by atoms with E-state index in [2.05, 4.69) is 25.6 Å². The molecule has 23 heavy (non-hydrogen) atoms. The molecule has 3 N–H and O–H groups in total. The van der Waals surface area contributed by atoms with Gasteiger partial charge in [0.15, 0.2) is 0 Å². The monoisotopic (exact) mass is 315 g/mol. The molecule has 0 spiro atoms. The Bertz CT molecular complexity index is 701. The molecule has 1 atom stereocenters. The summed E-state index contributed by atoms with van der Waals surface area (Å²) in [6.07, 6.45) is 4.79. The second-order valence-corrected chi connectivity index (χ2v) is 5.59. The highest BCUT2D eigenvalue weighted by atomic mass is 16.5. The Labute approximate surface area is 134 Å². The fraction of sp³-hybridized carbons (Fsp3) is 0.438. The van der Waals surface area contributed by atoms with E-state index in [1.807, 2.05) is 19.1 Å². The molecule has 0 saturated carbocycles. The van der Waals surface area contributed by atoms with Crippen LogP contribution in [-0.4, -0.2) is 40.7 Å². The number of hydrogen-bond acceptors (Lipinski definition) is 6. The summed E-state index contributed by atoms with van der Waals surface area (Å²) in [6.45, 7) is 4.16. The van der Waals surface area contributed by atoms with Crippen molar-refractivity contribution in [2.45, 2.75) is 25.9 Å². The summed E-state index contributed by atoms with van der Waals surface area (Å²) in [4.78, 5) is 23.5. The highest BCUT2D eigenvalue weighted by molar-refractivity contribution is 5.31. The highest BCUT2D eigenvalue weighted by Crippen LogP contribution is 2.10. The third kappa shape index (κ3) is 4.07. The average molecular weight is 315 g/mol. The van der Waals surface area contributed by atoms with Crippen LogP contribution < -0.4 is 20.9 Å². The minimum Gasteiger partial charge on any atom is -0.487 e. The van der Waals surface area contributed by atoms with E-state index >= 15 is 0 Å². The number of nitrogens with one attached hydrogen (secondary N) is 3. The number of ether oxygens (including phenoxy) is 1. The van der Waals surface area contributed by atoms with Crippen LogP contribution in [0.5, 0.6) is 5.75 Å². The van der Waals surface area contributed by atoms with E-state index in [0.29, 0.717) is 12.5 Å². The Hall–Kier alpha value is -2.41. The first-order chi connectivity index (χ1) is 11.2. The minimum atomic E-state index is -0.0787. The van der Waals surface area contributed by atoms with Gasteiger partial charge in [0, 0.05) is 24.7 Å².